The van der Waals surface area contributed by atoms with Gasteiger partial charge in [-0.2, -0.15) is 13.2 Å². The molecule has 1 fully saturated rings. The molecular weight excluding hydrogens is 495 g/mol. The molecule has 7 nitrogen and oxygen atoms in total. The van der Waals surface area contributed by atoms with Crippen LogP contribution in [0.3, 0.4) is 0 Å². The number of carbonyl (C=O) groups is 2. The first-order valence-electron chi connectivity index (χ1n) is 11.3. The van der Waals surface area contributed by atoms with E-state index in [2.05, 4.69) is 21.7 Å². The summed E-state index contributed by atoms with van der Waals surface area (Å²) in [5, 5.41) is 15.6. The van der Waals surface area contributed by atoms with Crippen LogP contribution in [0.2, 0.25) is 0 Å². The number of rotatable bonds is 6. The largest absolute Gasteiger partial charge is 0.478 e. The molecule has 36 heavy (non-hydrogen) atoms. The summed E-state index contributed by atoms with van der Waals surface area (Å²) in [5.41, 5.74) is 1.07. The molecule has 2 aliphatic heterocycles. The normalized spacial score (nSPS) is 16.2. The van der Waals surface area contributed by atoms with Crippen LogP contribution in [0.25, 0.3) is 0 Å². The van der Waals surface area contributed by atoms with E-state index in [4.69, 9.17) is 10.2 Å². The van der Waals surface area contributed by atoms with E-state index in [1.165, 1.54) is 12.1 Å². The first kappa shape index (κ1) is 27.6. The number of carboxylic acids is 2. The number of halogens is 3. The Morgan fingerprint density at radius 3 is 2.14 bits per heavy atom. The summed E-state index contributed by atoms with van der Waals surface area (Å²) in [4.78, 5) is 27.9. The fourth-order valence-corrected chi connectivity index (χ4v) is 4.99. The zero-order valence-corrected chi connectivity index (χ0v) is 20.6. The van der Waals surface area contributed by atoms with Crippen molar-refractivity contribution in [3.8, 4) is 0 Å². The van der Waals surface area contributed by atoms with Crippen molar-refractivity contribution in [1.82, 2.24) is 9.80 Å². The van der Waals surface area contributed by atoms with Crippen LogP contribution in [0.15, 0.2) is 64.4 Å². The number of carboxylic acid groups (broad SMARTS) is 2. The highest BCUT2D eigenvalue weighted by molar-refractivity contribution is 7.99. The van der Waals surface area contributed by atoms with Crippen LogP contribution >= 0.6 is 11.8 Å². The molecule has 194 valence electrons. The van der Waals surface area contributed by atoms with Crippen molar-refractivity contribution >= 4 is 35.1 Å². The Balaban J connectivity index is 0.000000392. The Labute approximate surface area is 211 Å². The number of benzene rings is 2. The number of para-hydroxylation sites is 1. The maximum absolute atomic E-state index is 13.3. The van der Waals surface area contributed by atoms with Gasteiger partial charge >= 0.3 is 18.1 Å². The molecule has 2 aliphatic rings. The van der Waals surface area contributed by atoms with Gasteiger partial charge in [0.25, 0.3) is 0 Å². The second-order valence-corrected chi connectivity index (χ2v) is 9.49. The van der Waals surface area contributed by atoms with Crippen LogP contribution < -0.4 is 4.90 Å². The van der Waals surface area contributed by atoms with Gasteiger partial charge in [-0.3, -0.25) is 0 Å². The molecule has 0 bridgehead atoms. The molecule has 0 radical (unpaired) electrons. The first-order chi connectivity index (χ1) is 17.0. The van der Waals surface area contributed by atoms with Gasteiger partial charge in [0.1, 0.15) is 0 Å². The van der Waals surface area contributed by atoms with Gasteiger partial charge in [-0.05, 0) is 50.3 Å². The summed E-state index contributed by atoms with van der Waals surface area (Å²) in [6.07, 6.45) is -2.30. The minimum absolute atomic E-state index is 0.558. The maximum atomic E-state index is 13.3. The number of fused-ring (bicyclic) bond motifs is 2. The van der Waals surface area contributed by atoms with Gasteiger partial charge in [0.2, 0.25) is 0 Å². The Kier molecular flexibility index (Phi) is 9.41. The zero-order valence-electron chi connectivity index (χ0n) is 19.7. The highest BCUT2D eigenvalue weighted by Crippen LogP contribution is 2.49. The molecule has 11 heteroatoms. The Hall–Kier alpha value is -3.02. The number of aliphatic carboxylic acids is 2. The molecule has 0 spiro atoms. The number of hydrogen-bond donors (Lipinski definition) is 2. The molecule has 0 aromatic heterocycles. The molecule has 2 aromatic rings. The molecule has 2 aromatic carbocycles. The van der Waals surface area contributed by atoms with E-state index >= 15 is 0 Å². The summed E-state index contributed by atoms with van der Waals surface area (Å²) in [7, 11) is 2.13. The number of anilines is 2. The van der Waals surface area contributed by atoms with Gasteiger partial charge in [0.15, 0.2) is 0 Å². The van der Waals surface area contributed by atoms with Crippen molar-refractivity contribution in [3.63, 3.8) is 0 Å². The second kappa shape index (κ2) is 12.3. The topological polar surface area (TPSA) is 84.3 Å². The molecule has 0 atom stereocenters. The lowest BCUT2D eigenvalue weighted by Gasteiger charge is -2.35. The molecule has 0 unspecified atom stereocenters. The number of hydrogen-bond acceptors (Lipinski definition) is 6. The molecule has 1 saturated heterocycles. The van der Waals surface area contributed by atoms with E-state index in [1.54, 1.807) is 17.8 Å². The molecular formula is C25H28F3N3O4S. The fraction of sp³-hybridized carbons (Fsp3) is 0.360. The lowest BCUT2D eigenvalue weighted by Crippen LogP contribution is -2.45. The van der Waals surface area contributed by atoms with Gasteiger partial charge in [0, 0.05) is 54.7 Å². The summed E-state index contributed by atoms with van der Waals surface area (Å²) >= 11 is 1.54. The fourth-order valence-electron chi connectivity index (χ4n) is 3.91. The highest BCUT2D eigenvalue weighted by atomic mass is 32.2. The van der Waals surface area contributed by atoms with Crippen LogP contribution in [-0.2, 0) is 15.8 Å². The third kappa shape index (κ3) is 7.74. The predicted molar refractivity (Wildman–Crippen MR) is 132 cm³/mol. The SMILES string of the molecule is CN1CCN(CCCN2c3ccccc3Sc3ccc(C(F)(F)F)cc32)CC1.O=C(O)/C=C\C(=O)O. The van der Waals surface area contributed by atoms with E-state index in [0.29, 0.717) is 24.4 Å². The lowest BCUT2D eigenvalue weighted by atomic mass is 10.1. The summed E-state index contributed by atoms with van der Waals surface area (Å²) in [6.45, 7) is 5.92. The third-order valence-electron chi connectivity index (χ3n) is 5.77. The highest BCUT2D eigenvalue weighted by Gasteiger charge is 2.33. The van der Waals surface area contributed by atoms with Gasteiger partial charge in [-0.15, -0.1) is 0 Å². The van der Waals surface area contributed by atoms with E-state index in [1.807, 2.05) is 24.3 Å². The number of nitrogens with zero attached hydrogens (tertiary/aromatic N) is 3. The molecule has 0 saturated carbocycles. The molecule has 0 amide bonds. The average Bonchev–Trinajstić information content (AvgIpc) is 2.83. The van der Waals surface area contributed by atoms with Crippen LogP contribution in [0.1, 0.15) is 12.0 Å². The van der Waals surface area contributed by atoms with Gasteiger partial charge in [0.05, 0.1) is 16.9 Å². The van der Waals surface area contributed by atoms with Gasteiger partial charge < -0.3 is 24.9 Å². The minimum atomic E-state index is -4.33. The van der Waals surface area contributed by atoms with Crippen molar-refractivity contribution in [3.05, 3.63) is 60.2 Å². The monoisotopic (exact) mass is 523 g/mol. The summed E-state index contributed by atoms with van der Waals surface area (Å²) in [5.74, 6) is -2.51. The Bertz CT molecular complexity index is 1090. The summed E-state index contributed by atoms with van der Waals surface area (Å²) in [6, 6.07) is 12.0. The van der Waals surface area contributed by atoms with Crippen LogP contribution in [-0.4, -0.2) is 78.3 Å². The third-order valence-corrected chi connectivity index (χ3v) is 6.90. The zero-order chi connectivity index (χ0) is 26.3. The summed E-state index contributed by atoms with van der Waals surface area (Å²) < 4.78 is 39.8. The average molecular weight is 524 g/mol. The number of likely N-dealkylation sites (N-methyl/N-ethyl adjacent to an activating group) is 1. The predicted octanol–water partition coefficient (Wildman–Crippen LogP) is 4.66. The first-order valence-corrected chi connectivity index (χ1v) is 12.2. The van der Waals surface area contributed by atoms with Gasteiger partial charge in [-0.1, -0.05) is 23.9 Å². The molecule has 2 heterocycles. The van der Waals surface area contributed by atoms with E-state index in [-0.39, 0.29) is 0 Å². The van der Waals surface area contributed by atoms with Crippen molar-refractivity contribution < 1.29 is 33.0 Å². The van der Waals surface area contributed by atoms with E-state index < -0.39 is 23.7 Å². The van der Waals surface area contributed by atoms with Crippen LogP contribution in [0.4, 0.5) is 24.5 Å². The molecule has 0 aliphatic carbocycles. The van der Waals surface area contributed by atoms with Crippen LogP contribution in [0.5, 0.6) is 0 Å². The molecule has 4 rings (SSSR count). The molecule has 2 N–H and O–H groups in total. The Morgan fingerprint density at radius 2 is 1.53 bits per heavy atom. The van der Waals surface area contributed by atoms with Crippen molar-refractivity contribution in [2.45, 2.75) is 22.4 Å². The van der Waals surface area contributed by atoms with Gasteiger partial charge in [-0.25, -0.2) is 9.59 Å². The second-order valence-electron chi connectivity index (χ2n) is 8.41. The van der Waals surface area contributed by atoms with E-state index in [0.717, 1.165) is 54.6 Å². The maximum Gasteiger partial charge on any atom is 0.416 e. The van der Waals surface area contributed by atoms with Crippen molar-refractivity contribution in [2.24, 2.45) is 0 Å². The van der Waals surface area contributed by atoms with Crippen molar-refractivity contribution in [1.29, 1.82) is 0 Å². The minimum Gasteiger partial charge on any atom is -0.478 e. The Morgan fingerprint density at radius 1 is 0.917 bits per heavy atom. The quantitative estimate of drug-likeness (QED) is 0.529. The number of alkyl halides is 3. The standard InChI is InChI=1S/C21H24F3N3S.C4H4O4/c1-25-11-13-26(14-12-25)9-4-10-27-17-5-2-3-6-19(17)28-20-8-7-16(15-18(20)27)21(22,23)24;5-3(6)1-2-4(7)8/h2-3,5-8,15H,4,9-14H2,1H3;1-2H,(H,5,6)(H,7,8)/b;2-1-. The number of piperazine rings is 1. The smallest absolute Gasteiger partial charge is 0.416 e. The van der Waals surface area contributed by atoms with E-state index in [9.17, 15) is 22.8 Å². The van der Waals surface area contributed by atoms with Crippen molar-refractivity contribution in [2.75, 3.05) is 51.2 Å². The van der Waals surface area contributed by atoms with Crippen LogP contribution in [0, 0.1) is 0 Å². The lowest BCUT2D eigenvalue weighted by molar-refractivity contribution is -0.137.